The van der Waals surface area contributed by atoms with E-state index in [4.69, 9.17) is 16.3 Å². The SMILES string of the molecule is CC(=O)c1ccc(NC(=O)c2ccn(COc3ccc([N+](=O)[O-])cc3Cl)n2)cc1. The molecule has 3 aromatic rings. The topological polar surface area (TPSA) is 116 Å². The van der Waals surface area contributed by atoms with Crippen LogP contribution >= 0.6 is 11.6 Å². The highest BCUT2D eigenvalue weighted by Crippen LogP contribution is 2.28. The lowest BCUT2D eigenvalue weighted by molar-refractivity contribution is -0.384. The third-order valence-corrected chi connectivity index (χ3v) is 4.20. The van der Waals surface area contributed by atoms with Gasteiger partial charge in [-0.3, -0.25) is 19.7 Å². The number of anilines is 1. The van der Waals surface area contributed by atoms with Gasteiger partial charge < -0.3 is 10.1 Å². The van der Waals surface area contributed by atoms with Crippen LogP contribution in [0.25, 0.3) is 0 Å². The van der Waals surface area contributed by atoms with Crippen LogP contribution in [0.1, 0.15) is 27.8 Å². The van der Waals surface area contributed by atoms with Gasteiger partial charge in [0, 0.05) is 29.6 Å². The number of hydrogen-bond acceptors (Lipinski definition) is 6. The quantitative estimate of drug-likeness (QED) is 0.355. The zero-order chi connectivity index (χ0) is 21.0. The molecule has 0 atom stereocenters. The molecule has 0 radical (unpaired) electrons. The van der Waals surface area contributed by atoms with Crippen molar-refractivity contribution in [2.24, 2.45) is 0 Å². The lowest BCUT2D eigenvalue weighted by Gasteiger charge is -2.08. The minimum absolute atomic E-state index is 0.0435. The summed E-state index contributed by atoms with van der Waals surface area (Å²) in [6.07, 6.45) is 1.55. The Labute approximate surface area is 170 Å². The van der Waals surface area contributed by atoms with Crippen LogP contribution in [-0.4, -0.2) is 26.4 Å². The molecule has 2 aromatic carbocycles. The number of non-ortho nitro benzene ring substituents is 1. The van der Waals surface area contributed by atoms with E-state index in [0.29, 0.717) is 11.3 Å². The van der Waals surface area contributed by atoms with Crippen LogP contribution in [0.4, 0.5) is 11.4 Å². The fourth-order valence-electron chi connectivity index (χ4n) is 2.39. The number of nitro benzene ring substituents is 1. The molecular formula is C19H15ClN4O5. The van der Waals surface area contributed by atoms with Gasteiger partial charge in [-0.05, 0) is 43.3 Å². The third kappa shape index (κ3) is 4.96. The highest BCUT2D eigenvalue weighted by atomic mass is 35.5. The lowest BCUT2D eigenvalue weighted by Crippen LogP contribution is -2.14. The summed E-state index contributed by atoms with van der Waals surface area (Å²) in [6.45, 7) is 1.42. The second-order valence-corrected chi connectivity index (χ2v) is 6.38. The summed E-state index contributed by atoms with van der Waals surface area (Å²) < 4.78 is 6.87. The molecule has 0 aliphatic carbocycles. The van der Waals surface area contributed by atoms with E-state index in [1.165, 1.54) is 35.9 Å². The maximum absolute atomic E-state index is 12.3. The predicted molar refractivity (Wildman–Crippen MR) is 105 cm³/mol. The Bertz CT molecular complexity index is 1080. The highest BCUT2D eigenvalue weighted by Gasteiger charge is 2.13. The van der Waals surface area contributed by atoms with Crippen molar-refractivity contribution in [2.45, 2.75) is 13.7 Å². The third-order valence-electron chi connectivity index (χ3n) is 3.90. The molecule has 29 heavy (non-hydrogen) atoms. The zero-order valence-electron chi connectivity index (χ0n) is 15.2. The number of amides is 1. The number of nitro groups is 1. The number of ketones is 1. The normalized spacial score (nSPS) is 10.4. The molecule has 0 spiro atoms. The first kappa shape index (κ1) is 20.0. The number of ether oxygens (including phenoxy) is 1. The van der Waals surface area contributed by atoms with Gasteiger partial charge >= 0.3 is 0 Å². The molecule has 0 unspecified atom stereocenters. The largest absolute Gasteiger partial charge is 0.470 e. The van der Waals surface area contributed by atoms with Crippen LogP contribution < -0.4 is 10.1 Å². The molecular weight excluding hydrogens is 400 g/mol. The van der Waals surface area contributed by atoms with Crippen LogP contribution in [0.5, 0.6) is 5.75 Å². The molecule has 0 fully saturated rings. The van der Waals surface area contributed by atoms with Gasteiger partial charge in [0.15, 0.2) is 18.2 Å². The molecule has 1 aromatic heterocycles. The van der Waals surface area contributed by atoms with Crippen molar-refractivity contribution in [1.29, 1.82) is 0 Å². The van der Waals surface area contributed by atoms with E-state index in [1.807, 2.05) is 0 Å². The molecule has 3 rings (SSSR count). The zero-order valence-corrected chi connectivity index (χ0v) is 15.9. The van der Waals surface area contributed by atoms with Crippen LogP contribution in [-0.2, 0) is 6.73 Å². The first-order chi connectivity index (χ1) is 13.8. The molecule has 0 saturated heterocycles. The van der Waals surface area contributed by atoms with Crippen molar-refractivity contribution in [3.63, 3.8) is 0 Å². The van der Waals surface area contributed by atoms with Crippen LogP contribution in [0.15, 0.2) is 54.7 Å². The van der Waals surface area contributed by atoms with E-state index in [2.05, 4.69) is 10.4 Å². The average molecular weight is 415 g/mol. The number of carbonyl (C=O) groups is 2. The Morgan fingerprint density at radius 2 is 1.93 bits per heavy atom. The average Bonchev–Trinajstić information content (AvgIpc) is 3.16. The maximum atomic E-state index is 12.3. The van der Waals surface area contributed by atoms with Crippen molar-refractivity contribution >= 4 is 34.7 Å². The molecule has 148 valence electrons. The summed E-state index contributed by atoms with van der Waals surface area (Å²) in [7, 11) is 0. The summed E-state index contributed by atoms with van der Waals surface area (Å²) >= 11 is 5.97. The van der Waals surface area contributed by atoms with E-state index in [1.54, 1.807) is 30.5 Å². The Morgan fingerprint density at radius 1 is 1.21 bits per heavy atom. The summed E-state index contributed by atoms with van der Waals surface area (Å²) in [6, 6.07) is 11.9. The van der Waals surface area contributed by atoms with Crippen LogP contribution in [0.2, 0.25) is 5.02 Å². The Morgan fingerprint density at radius 3 is 2.55 bits per heavy atom. The van der Waals surface area contributed by atoms with E-state index < -0.39 is 10.8 Å². The van der Waals surface area contributed by atoms with E-state index in [0.717, 1.165) is 0 Å². The first-order valence-electron chi connectivity index (χ1n) is 8.36. The molecule has 1 N–H and O–H groups in total. The second-order valence-electron chi connectivity index (χ2n) is 5.97. The molecule has 1 amide bonds. The smallest absolute Gasteiger partial charge is 0.276 e. The molecule has 0 aliphatic heterocycles. The van der Waals surface area contributed by atoms with Crippen LogP contribution in [0, 0.1) is 10.1 Å². The minimum Gasteiger partial charge on any atom is -0.470 e. The monoisotopic (exact) mass is 414 g/mol. The first-order valence-corrected chi connectivity index (χ1v) is 8.74. The number of carbonyl (C=O) groups excluding carboxylic acids is 2. The molecule has 10 heteroatoms. The maximum Gasteiger partial charge on any atom is 0.276 e. The van der Waals surface area contributed by atoms with Crippen molar-refractivity contribution in [1.82, 2.24) is 9.78 Å². The molecule has 0 aliphatic rings. The number of aromatic nitrogens is 2. The van der Waals surface area contributed by atoms with E-state index in [9.17, 15) is 19.7 Å². The molecule has 1 heterocycles. The Balaban J connectivity index is 1.61. The number of nitrogens with zero attached hydrogens (tertiary/aromatic N) is 3. The highest BCUT2D eigenvalue weighted by molar-refractivity contribution is 6.32. The molecule has 0 saturated carbocycles. The summed E-state index contributed by atoms with van der Waals surface area (Å²) in [5, 5.41) is 17.6. The number of hydrogen-bond donors (Lipinski definition) is 1. The second kappa shape index (κ2) is 8.53. The van der Waals surface area contributed by atoms with Crippen molar-refractivity contribution in [2.75, 3.05) is 5.32 Å². The van der Waals surface area contributed by atoms with Gasteiger partial charge in [0.05, 0.1) is 9.95 Å². The van der Waals surface area contributed by atoms with E-state index in [-0.39, 0.29) is 34.7 Å². The fourth-order valence-corrected chi connectivity index (χ4v) is 2.62. The van der Waals surface area contributed by atoms with Crippen molar-refractivity contribution in [3.8, 4) is 5.75 Å². The number of Topliss-reactive ketones (excluding diaryl/α,β-unsaturated/α-hetero) is 1. The Hall–Kier alpha value is -3.72. The molecule has 9 nitrogen and oxygen atoms in total. The number of rotatable bonds is 7. The molecule has 0 bridgehead atoms. The van der Waals surface area contributed by atoms with Gasteiger partial charge in [-0.25, -0.2) is 4.68 Å². The summed E-state index contributed by atoms with van der Waals surface area (Å²) in [5.74, 6) is -0.230. The van der Waals surface area contributed by atoms with Gasteiger partial charge in [-0.2, -0.15) is 5.10 Å². The fraction of sp³-hybridized carbons (Fsp3) is 0.105. The van der Waals surface area contributed by atoms with Gasteiger partial charge in [0.1, 0.15) is 5.75 Å². The Kier molecular flexibility index (Phi) is 5.89. The van der Waals surface area contributed by atoms with Crippen molar-refractivity contribution < 1.29 is 19.2 Å². The number of halogens is 1. The number of benzene rings is 2. The standard InChI is InChI=1S/C19H15ClN4O5/c1-12(25)13-2-4-14(5-3-13)21-19(26)17-8-9-23(22-17)11-29-18-7-6-15(24(27)28)10-16(18)20/h2-10H,11H2,1H3,(H,21,26). The number of nitrogens with one attached hydrogen (secondary N) is 1. The van der Waals surface area contributed by atoms with E-state index >= 15 is 0 Å². The lowest BCUT2D eigenvalue weighted by atomic mass is 10.1. The van der Waals surface area contributed by atoms with Crippen molar-refractivity contribution in [3.05, 3.63) is 81.1 Å². The predicted octanol–water partition coefficient (Wildman–Crippen LogP) is 3.94. The van der Waals surface area contributed by atoms with Gasteiger partial charge in [-0.15, -0.1) is 0 Å². The van der Waals surface area contributed by atoms with Crippen LogP contribution in [0.3, 0.4) is 0 Å². The minimum atomic E-state index is -0.554. The summed E-state index contributed by atoms with van der Waals surface area (Å²) in [5.41, 5.74) is 1.11. The summed E-state index contributed by atoms with van der Waals surface area (Å²) in [4.78, 5) is 33.8. The van der Waals surface area contributed by atoms with Gasteiger partial charge in [-0.1, -0.05) is 11.6 Å². The van der Waals surface area contributed by atoms with Gasteiger partial charge in [0.2, 0.25) is 0 Å². The van der Waals surface area contributed by atoms with Gasteiger partial charge in [0.25, 0.3) is 11.6 Å².